The van der Waals surface area contributed by atoms with Gasteiger partial charge in [0, 0.05) is 12.1 Å². The lowest BCUT2D eigenvalue weighted by Crippen LogP contribution is -2.87. The van der Waals surface area contributed by atoms with Gasteiger partial charge in [-0.05, 0) is 28.5 Å². The van der Waals surface area contributed by atoms with Gasteiger partial charge in [-0.15, -0.1) is 11.3 Å². The monoisotopic (exact) mass is 379 g/mol. The summed E-state index contributed by atoms with van der Waals surface area (Å²) < 4.78 is 0. The molecule has 0 aliphatic heterocycles. The fraction of sp³-hybridized carbons (Fsp3) is 0.261. The summed E-state index contributed by atoms with van der Waals surface area (Å²) >= 11 is 1.74. The van der Waals surface area contributed by atoms with Crippen LogP contribution in [0.3, 0.4) is 0 Å². The maximum Gasteiger partial charge on any atom is 0.275 e. The van der Waals surface area contributed by atoms with E-state index in [1.54, 1.807) is 11.3 Å². The van der Waals surface area contributed by atoms with Gasteiger partial charge in [0.1, 0.15) is 6.04 Å². The zero-order valence-corrected chi connectivity index (χ0v) is 16.7. The molecule has 3 N–H and O–H groups in total. The van der Waals surface area contributed by atoms with Crippen molar-refractivity contribution in [3.8, 4) is 0 Å². The molecule has 1 heterocycles. The van der Waals surface area contributed by atoms with E-state index in [1.807, 2.05) is 30.3 Å². The van der Waals surface area contributed by atoms with Crippen LogP contribution in [0.4, 0.5) is 0 Å². The molecule has 3 aromatic rings. The third-order valence-electron chi connectivity index (χ3n) is 4.68. The smallest absolute Gasteiger partial charge is 0.275 e. The van der Waals surface area contributed by atoms with Gasteiger partial charge in [0.25, 0.3) is 5.91 Å². The number of quaternary nitrogens is 1. The summed E-state index contributed by atoms with van der Waals surface area (Å²) in [6.07, 6.45) is 0. The second-order valence-electron chi connectivity index (χ2n) is 7.02. The number of nitrogens with one attached hydrogen (secondary N) is 1. The van der Waals surface area contributed by atoms with Gasteiger partial charge in [0.15, 0.2) is 6.54 Å². The minimum absolute atomic E-state index is 0.0548. The van der Waals surface area contributed by atoms with Crippen LogP contribution in [-0.4, -0.2) is 12.5 Å². The first kappa shape index (κ1) is 19.3. The van der Waals surface area contributed by atoms with Crippen LogP contribution in [0.15, 0.2) is 72.1 Å². The average molecular weight is 380 g/mol. The van der Waals surface area contributed by atoms with Crippen LogP contribution in [0, 0.1) is 0 Å². The Morgan fingerprint density at radius 3 is 2.30 bits per heavy atom. The highest BCUT2D eigenvalue weighted by molar-refractivity contribution is 7.10. The van der Waals surface area contributed by atoms with Crippen LogP contribution in [0.1, 0.15) is 47.4 Å². The lowest BCUT2D eigenvalue weighted by molar-refractivity contribution is -0.676. The number of hydrogen-bond donors (Lipinski definition) is 2. The Labute approximate surface area is 165 Å². The lowest BCUT2D eigenvalue weighted by atomic mass is 9.98. The van der Waals surface area contributed by atoms with Crippen molar-refractivity contribution in [1.82, 2.24) is 5.32 Å². The Bertz CT molecular complexity index is 827. The molecule has 0 aliphatic rings. The fourth-order valence-electron chi connectivity index (χ4n) is 3.07. The van der Waals surface area contributed by atoms with Gasteiger partial charge in [0.2, 0.25) is 0 Å². The molecule has 0 bridgehead atoms. The number of carbonyl (C=O) groups is 1. The molecule has 1 atom stereocenters. The second-order valence-corrected chi connectivity index (χ2v) is 8.00. The molecule has 0 spiro atoms. The summed E-state index contributed by atoms with van der Waals surface area (Å²) in [4.78, 5) is 13.6. The van der Waals surface area contributed by atoms with Gasteiger partial charge in [0.05, 0.1) is 4.88 Å². The number of nitrogens with two attached hydrogens (primary N) is 1. The van der Waals surface area contributed by atoms with Gasteiger partial charge in [-0.1, -0.05) is 74.5 Å². The Balaban J connectivity index is 1.63. The van der Waals surface area contributed by atoms with Crippen LogP contribution in [0.2, 0.25) is 0 Å². The highest BCUT2D eigenvalue weighted by atomic mass is 32.1. The first-order valence-electron chi connectivity index (χ1n) is 9.40. The predicted molar refractivity (Wildman–Crippen MR) is 112 cm³/mol. The van der Waals surface area contributed by atoms with E-state index in [0.29, 0.717) is 19.0 Å². The number of rotatable bonds is 8. The van der Waals surface area contributed by atoms with Crippen molar-refractivity contribution >= 4 is 17.2 Å². The molecule has 0 saturated heterocycles. The maximum atomic E-state index is 12.3. The number of hydrogen-bond acceptors (Lipinski definition) is 2. The summed E-state index contributed by atoms with van der Waals surface area (Å²) in [6, 6.07) is 23.1. The normalized spacial score (nSPS) is 12.1. The molecule has 3 nitrogen and oxygen atoms in total. The van der Waals surface area contributed by atoms with E-state index in [2.05, 4.69) is 66.3 Å². The molecule has 0 aliphatic carbocycles. The summed E-state index contributed by atoms with van der Waals surface area (Å²) in [6.45, 7) is 5.38. The molecule has 27 heavy (non-hydrogen) atoms. The third kappa shape index (κ3) is 5.52. The zero-order valence-electron chi connectivity index (χ0n) is 15.9. The summed E-state index contributed by atoms with van der Waals surface area (Å²) in [5.41, 5.74) is 3.69. The predicted octanol–water partition coefficient (Wildman–Crippen LogP) is 3.84. The van der Waals surface area contributed by atoms with Gasteiger partial charge < -0.3 is 10.6 Å². The number of carbonyl (C=O) groups excluding carboxylic acids is 1. The van der Waals surface area contributed by atoms with Crippen molar-refractivity contribution in [2.24, 2.45) is 0 Å². The standard InChI is InChI=1S/C23H26N2OS/c1-17(2)19-10-12-20(13-11-19)23(21-9-6-14-27-21)25-16-22(26)24-15-18-7-4-3-5-8-18/h3-14,17,23,25H,15-16H2,1-2H3,(H,24,26)/p+1/t23-/m0/s1. The van der Waals surface area contributed by atoms with E-state index in [4.69, 9.17) is 0 Å². The highest BCUT2D eigenvalue weighted by Crippen LogP contribution is 2.24. The van der Waals surface area contributed by atoms with Crippen molar-refractivity contribution in [1.29, 1.82) is 0 Å². The van der Waals surface area contributed by atoms with Gasteiger partial charge in [-0.3, -0.25) is 4.79 Å². The third-order valence-corrected chi connectivity index (χ3v) is 5.64. The first-order valence-corrected chi connectivity index (χ1v) is 10.3. The average Bonchev–Trinajstić information content (AvgIpc) is 3.22. The molecule has 1 amide bonds. The van der Waals surface area contributed by atoms with E-state index < -0.39 is 0 Å². The fourth-order valence-corrected chi connectivity index (χ4v) is 3.92. The summed E-state index contributed by atoms with van der Waals surface area (Å²) in [5, 5.41) is 7.22. The van der Waals surface area contributed by atoms with Crippen molar-refractivity contribution in [3.63, 3.8) is 0 Å². The molecule has 2 aromatic carbocycles. The van der Waals surface area contributed by atoms with Crippen molar-refractivity contribution in [3.05, 3.63) is 93.7 Å². The van der Waals surface area contributed by atoms with Crippen LogP contribution in [-0.2, 0) is 11.3 Å². The largest absolute Gasteiger partial charge is 0.347 e. The summed E-state index contributed by atoms with van der Waals surface area (Å²) in [5.74, 6) is 0.575. The molecular formula is C23H27N2OS+. The molecule has 0 fully saturated rings. The maximum absolute atomic E-state index is 12.3. The Kier molecular flexibility index (Phi) is 6.80. The van der Waals surface area contributed by atoms with Crippen LogP contribution < -0.4 is 10.6 Å². The van der Waals surface area contributed by atoms with Gasteiger partial charge in [-0.25, -0.2) is 0 Å². The SMILES string of the molecule is CC(C)c1ccc([C@H]([NH2+]CC(=O)NCc2ccccc2)c2cccs2)cc1. The second kappa shape index (κ2) is 9.49. The van der Waals surface area contributed by atoms with E-state index >= 15 is 0 Å². The molecule has 0 unspecified atom stereocenters. The number of thiophene rings is 1. The number of amides is 1. The minimum atomic E-state index is 0.0548. The molecular weight excluding hydrogens is 352 g/mol. The Hall–Kier alpha value is -2.43. The van der Waals surface area contributed by atoms with Crippen LogP contribution >= 0.6 is 11.3 Å². The van der Waals surface area contributed by atoms with Crippen molar-refractivity contribution in [2.75, 3.05) is 6.54 Å². The van der Waals surface area contributed by atoms with Crippen molar-refractivity contribution in [2.45, 2.75) is 32.4 Å². The van der Waals surface area contributed by atoms with E-state index in [0.717, 1.165) is 5.56 Å². The van der Waals surface area contributed by atoms with Crippen LogP contribution in [0.5, 0.6) is 0 Å². The zero-order chi connectivity index (χ0) is 19.1. The Morgan fingerprint density at radius 2 is 1.67 bits per heavy atom. The van der Waals surface area contributed by atoms with E-state index in [1.165, 1.54) is 16.0 Å². The van der Waals surface area contributed by atoms with E-state index in [9.17, 15) is 4.79 Å². The molecule has 4 heteroatoms. The Morgan fingerprint density at radius 1 is 0.963 bits per heavy atom. The topological polar surface area (TPSA) is 45.7 Å². The molecule has 0 radical (unpaired) electrons. The van der Waals surface area contributed by atoms with Crippen molar-refractivity contribution < 1.29 is 10.1 Å². The quantitative estimate of drug-likeness (QED) is 0.614. The molecule has 3 rings (SSSR count). The van der Waals surface area contributed by atoms with Gasteiger partial charge >= 0.3 is 0 Å². The highest BCUT2D eigenvalue weighted by Gasteiger charge is 2.20. The molecule has 0 saturated carbocycles. The van der Waals surface area contributed by atoms with E-state index in [-0.39, 0.29) is 11.9 Å². The molecule has 140 valence electrons. The summed E-state index contributed by atoms with van der Waals surface area (Å²) in [7, 11) is 0. The molecule has 1 aromatic heterocycles. The lowest BCUT2D eigenvalue weighted by Gasteiger charge is -2.16. The minimum Gasteiger partial charge on any atom is -0.347 e. The van der Waals surface area contributed by atoms with Gasteiger partial charge in [-0.2, -0.15) is 0 Å². The first-order chi connectivity index (χ1) is 13.1. The number of benzene rings is 2. The van der Waals surface area contributed by atoms with Crippen LogP contribution in [0.25, 0.3) is 0 Å².